The highest BCUT2D eigenvalue weighted by molar-refractivity contribution is 5.30. The molecular formula is C9H15N. The van der Waals surface area contributed by atoms with E-state index in [1.165, 1.54) is 11.1 Å². The summed E-state index contributed by atoms with van der Waals surface area (Å²) >= 11 is 0. The van der Waals surface area contributed by atoms with Crippen LogP contribution >= 0.6 is 0 Å². The molecule has 0 aromatic carbocycles. The highest BCUT2D eigenvalue weighted by Gasteiger charge is 2.05. The Morgan fingerprint density at radius 1 is 1.50 bits per heavy atom. The summed E-state index contributed by atoms with van der Waals surface area (Å²) in [5.41, 5.74) is 9.68. The molecule has 0 unspecified atom stereocenters. The van der Waals surface area contributed by atoms with Gasteiger partial charge < -0.3 is 5.73 Å². The smallest absolute Gasteiger partial charge is 0.0116 e. The SMILES string of the molecule is CCC1=C(N)CCC(C)=C1. The molecule has 0 aliphatic heterocycles. The molecule has 1 aliphatic carbocycles. The van der Waals surface area contributed by atoms with Gasteiger partial charge in [-0.05, 0) is 31.8 Å². The Morgan fingerprint density at radius 2 is 2.20 bits per heavy atom. The quantitative estimate of drug-likeness (QED) is 0.590. The maximum Gasteiger partial charge on any atom is 0.0116 e. The van der Waals surface area contributed by atoms with Crippen LogP contribution in [0.15, 0.2) is 22.9 Å². The molecule has 0 saturated carbocycles. The maximum atomic E-state index is 5.79. The number of allylic oxidation sites excluding steroid dienone is 4. The molecule has 0 atom stereocenters. The minimum absolute atomic E-state index is 1.06. The number of rotatable bonds is 1. The second kappa shape index (κ2) is 2.91. The lowest BCUT2D eigenvalue weighted by Gasteiger charge is -2.13. The fourth-order valence-corrected chi connectivity index (χ4v) is 1.28. The van der Waals surface area contributed by atoms with Gasteiger partial charge in [-0.15, -0.1) is 0 Å². The summed E-state index contributed by atoms with van der Waals surface area (Å²) in [6.07, 6.45) is 5.50. The first-order chi connectivity index (χ1) is 4.74. The van der Waals surface area contributed by atoms with E-state index in [2.05, 4.69) is 19.9 Å². The standard InChI is InChI=1S/C9H15N/c1-3-8-6-7(2)4-5-9(8)10/h6H,3-5,10H2,1-2H3. The summed E-state index contributed by atoms with van der Waals surface area (Å²) < 4.78 is 0. The lowest BCUT2D eigenvalue weighted by molar-refractivity contribution is 0.855. The van der Waals surface area contributed by atoms with Crippen molar-refractivity contribution in [1.29, 1.82) is 0 Å². The van der Waals surface area contributed by atoms with Gasteiger partial charge in [0.05, 0.1) is 0 Å². The van der Waals surface area contributed by atoms with E-state index < -0.39 is 0 Å². The van der Waals surface area contributed by atoms with Gasteiger partial charge in [-0.3, -0.25) is 0 Å². The molecule has 0 aromatic rings. The molecule has 0 bridgehead atoms. The van der Waals surface area contributed by atoms with Crippen LogP contribution in [0.1, 0.15) is 33.1 Å². The van der Waals surface area contributed by atoms with Crippen molar-refractivity contribution < 1.29 is 0 Å². The van der Waals surface area contributed by atoms with E-state index in [9.17, 15) is 0 Å². The molecule has 10 heavy (non-hydrogen) atoms. The number of hydrogen-bond donors (Lipinski definition) is 1. The molecule has 0 fully saturated rings. The Labute approximate surface area is 62.6 Å². The summed E-state index contributed by atoms with van der Waals surface area (Å²) in [6.45, 7) is 4.32. The Kier molecular flexibility index (Phi) is 2.15. The van der Waals surface area contributed by atoms with E-state index in [0.29, 0.717) is 0 Å². The molecule has 1 aliphatic rings. The molecule has 1 nitrogen and oxygen atoms in total. The van der Waals surface area contributed by atoms with Crippen LogP contribution in [0, 0.1) is 0 Å². The molecule has 2 N–H and O–H groups in total. The normalized spacial score (nSPS) is 19.2. The third-order valence-corrected chi connectivity index (χ3v) is 2.00. The van der Waals surface area contributed by atoms with Crippen molar-refractivity contribution in [3.63, 3.8) is 0 Å². The van der Waals surface area contributed by atoms with Crippen molar-refractivity contribution in [2.45, 2.75) is 33.1 Å². The molecule has 1 rings (SSSR count). The minimum Gasteiger partial charge on any atom is -0.402 e. The van der Waals surface area contributed by atoms with Crippen LogP contribution in [-0.4, -0.2) is 0 Å². The van der Waals surface area contributed by atoms with Gasteiger partial charge >= 0.3 is 0 Å². The Morgan fingerprint density at radius 3 is 2.70 bits per heavy atom. The lowest BCUT2D eigenvalue weighted by Crippen LogP contribution is -2.05. The first-order valence-electron chi connectivity index (χ1n) is 3.88. The summed E-state index contributed by atoms with van der Waals surface area (Å²) in [5.74, 6) is 0. The summed E-state index contributed by atoms with van der Waals surface area (Å²) in [5, 5.41) is 0. The molecule has 0 radical (unpaired) electrons. The van der Waals surface area contributed by atoms with Crippen LogP contribution < -0.4 is 5.73 Å². The monoisotopic (exact) mass is 137 g/mol. The van der Waals surface area contributed by atoms with Crippen molar-refractivity contribution in [3.8, 4) is 0 Å². The van der Waals surface area contributed by atoms with Gasteiger partial charge in [-0.2, -0.15) is 0 Å². The van der Waals surface area contributed by atoms with Crippen LogP contribution in [0.5, 0.6) is 0 Å². The molecule has 0 heterocycles. The zero-order chi connectivity index (χ0) is 7.56. The first-order valence-corrected chi connectivity index (χ1v) is 3.88. The minimum atomic E-state index is 1.06. The van der Waals surface area contributed by atoms with E-state index >= 15 is 0 Å². The molecule has 0 saturated heterocycles. The van der Waals surface area contributed by atoms with E-state index in [4.69, 9.17) is 5.73 Å². The average molecular weight is 137 g/mol. The number of hydrogen-bond acceptors (Lipinski definition) is 1. The lowest BCUT2D eigenvalue weighted by atomic mass is 9.96. The van der Waals surface area contributed by atoms with Gasteiger partial charge in [-0.25, -0.2) is 0 Å². The van der Waals surface area contributed by atoms with Gasteiger partial charge in [-0.1, -0.05) is 18.6 Å². The fraction of sp³-hybridized carbons (Fsp3) is 0.556. The molecule has 0 amide bonds. The van der Waals surface area contributed by atoms with Crippen LogP contribution in [0.3, 0.4) is 0 Å². The third kappa shape index (κ3) is 1.41. The maximum absolute atomic E-state index is 5.79. The van der Waals surface area contributed by atoms with Crippen LogP contribution in [-0.2, 0) is 0 Å². The van der Waals surface area contributed by atoms with Crippen molar-refractivity contribution in [3.05, 3.63) is 22.9 Å². The molecule has 56 valence electrons. The Hall–Kier alpha value is -0.720. The van der Waals surface area contributed by atoms with E-state index in [-0.39, 0.29) is 0 Å². The second-order valence-electron chi connectivity index (χ2n) is 2.89. The predicted octanol–water partition coefficient (Wildman–Crippen LogP) is 2.35. The molecule has 0 spiro atoms. The van der Waals surface area contributed by atoms with E-state index in [1.807, 2.05) is 0 Å². The van der Waals surface area contributed by atoms with Crippen LogP contribution in [0.4, 0.5) is 0 Å². The van der Waals surface area contributed by atoms with E-state index in [1.54, 1.807) is 0 Å². The van der Waals surface area contributed by atoms with Gasteiger partial charge in [0.2, 0.25) is 0 Å². The summed E-state index contributed by atoms with van der Waals surface area (Å²) in [7, 11) is 0. The second-order valence-corrected chi connectivity index (χ2v) is 2.89. The van der Waals surface area contributed by atoms with Crippen LogP contribution in [0.25, 0.3) is 0 Å². The molecule has 1 heteroatoms. The average Bonchev–Trinajstić information content (AvgIpc) is 1.94. The Balaban J connectivity index is 2.82. The zero-order valence-corrected chi connectivity index (χ0v) is 6.78. The van der Waals surface area contributed by atoms with Gasteiger partial charge in [0.25, 0.3) is 0 Å². The van der Waals surface area contributed by atoms with Gasteiger partial charge in [0.15, 0.2) is 0 Å². The van der Waals surface area contributed by atoms with Crippen molar-refractivity contribution in [2.75, 3.05) is 0 Å². The first kappa shape index (κ1) is 7.39. The van der Waals surface area contributed by atoms with Crippen molar-refractivity contribution >= 4 is 0 Å². The number of nitrogens with two attached hydrogens (primary N) is 1. The summed E-state index contributed by atoms with van der Waals surface area (Å²) in [6, 6.07) is 0. The predicted molar refractivity (Wildman–Crippen MR) is 44.5 cm³/mol. The topological polar surface area (TPSA) is 26.0 Å². The highest BCUT2D eigenvalue weighted by Crippen LogP contribution is 2.21. The van der Waals surface area contributed by atoms with Crippen molar-refractivity contribution in [1.82, 2.24) is 0 Å². The van der Waals surface area contributed by atoms with Gasteiger partial charge in [0.1, 0.15) is 0 Å². The molecule has 0 aromatic heterocycles. The third-order valence-electron chi connectivity index (χ3n) is 2.00. The Bertz CT molecular complexity index is 187. The molecular weight excluding hydrogens is 122 g/mol. The largest absolute Gasteiger partial charge is 0.402 e. The summed E-state index contributed by atoms with van der Waals surface area (Å²) in [4.78, 5) is 0. The van der Waals surface area contributed by atoms with E-state index in [0.717, 1.165) is 25.0 Å². The zero-order valence-electron chi connectivity index (χ0n) is 6.78. The van der Waals surface area contributed by atoms with Crippen LogP contribution in [0.2, 0.25) is 0 Å². The fourth-order valence-electron chi connectivity index (χ4n) is 1.28. The highest BCUT2D eigenvalue weighted by atomic mass is 14.6. The van der Waals surface area contributed by atoms with Crippen molar-refractivity contribution in [2.24, 2.45) is 5.73 Å². The van der Waals surface area contributed by atoms with Gasteiger partial charge in [0, 0.05) is 5.70 Å².